The lowest BCUT2D eigenvalue weighted by Gasteiger charge is -2.06. The van der Waals surface area contributed by atoms with Crippen LogP contribution in [0.25, 0.3) is 0 Å². The zero-order valence-corrected chi connectivity index (χ0v) is 12.5. The van der Waals surface area contributed by atoms with Crippen LogP contribution in [-0.2, 0) is 24.5 Å². The van der Waals surface area contributed by atoms with Gasteiger partial charge >= 0.3 is 0 Å². The molecule has 112 valence electrons. The molecular formula is C11H16N2O5S2. The Morgan fingerprint density at radius 2 is 1.65 bits per heavy atom. The number of carbonyl (C=O) groups excluding carboxylic acids is 1. The highest BCUT2D eigenvalue weighted by molar-refractivity contribution is 7.95. The van der Waals surface area contributed by atoms with E-state index in [-0.39, 0.29) is 0 Å². The smallest absolute Gasteiger partial charge is 0.239 e. The van der Waals surface area contributed by atoms with Crippen LogP contribution in [0.4, 0.5) is 11.4 Å². The van der Waals surface area contributed by atoms with E-state index in [1.807, 2.05) is 0 Å². The molecule has 0 aliphatic rings. The SMILES string of the molecule is CS(=O)(=O)CCS(=O)(=O)CC(=O)Nc1ccc(N)cc1. The molecule has 0 aliphatic heterocycles. The van der Waals surface area contributed by atoms with Crippen LogP contribution in [0.1, 0.15) is 0 Å². The lowest BCUT2D eigenvalue weighted by molar-refractivity contribution is -0.113. The third-order valence-corrected chi connectivity index (χ3v) is 5.04. The summed E-state index contributed by atoms with van der Waals surface area (Å²) in [6.45, 7) is 0. The Balaban J connectivity index is 2.59. The van der Waals surface area contributed by atoms with E-state index in [9.17, 15) is 21.6 Å². The van der Waals surface area contributed by atoms with Gasteiger partial charge in [0.25, 0.3) is 0 Å². The van der Waals surface area contributed by atoms with Crippen molar-refractivity contribution < 1.29 is 21.6 Å². The summed E-state index contributed by atoms with van der Waals surface area (Å²) in [5.74, 6) is -2.54. The Kier molecular flexibility index (Phi) is 5.12. The zero-order chi connectivity index (χ0) is 15.4. The number of nitrogens with two attached hydrogens (primary N) is 1. The average molecular weight is 320 g/mol. The Hall–Kier alpha value is -1.61. The molecule has 0 spiro atoms. The monoisotopic (exact) mass is 320 g/mol. The fraction of sp³-hybridized carbons (Fsp3) is 0.364. The summed E-state index contributed by atoms with van der Waals surface area (Å²) in [5, 5.41) is 2.40. The molecule has 0 saturated carbocycles. The molecule has 0 bridgehead atoms. The Morgan fingerprint density at radius 3 is 2.15 bits per heavy atom. The van der Waals surface area contributed by atoms with Crippen molar-refractivity contribution in [1.82, 2.24) is 0 Å². The maximum atomic E-state index is 11.6. The molecule has 3 N–H and O–H groups in total. The lowest BCUT2D eigenvalue weighted by Crippen LogP contribution is -2.27. The minimum atomic E-state index is -3.76. The van der Waals surface area contributed by atoms with Gasteiger partial charge in [0.1, 0.15) is 15.6 Å². The largest absolute Gasteiger partial charge is 0.399 e. The Labute approximate surface area is 118 Å². The van der Waals surface area contributed by atoms with Crippen molar-refractivity contribution in [2.75, 3.05) is 34.6 Å². The second-order valence-corrected chi connectivity index (χ2v) is 8.84. The number of benzene rings is 1. The molecular weight excluding hydrogens is 304 g/mol. The molecule has 0 unspecified atom stereocenters. The van der Waals surface area contributed by atoms with Gasteiger partial charge in [-0.25, -0.2) is 16.8 Å². The van der Waals surface area contributed by atoms with Crippen molar-refractivity contribution in [2.45, 2.75) is 0 Å². The van der Waals surface area contributed by atoms with Crippen LogP contribution in [0.2, 0.25) is 0 Å². The first kappa shape index (κ1) is 16.4. The Bertz CT molecular complexity index is 678. The van der Waals surface area contributed by atoms with Crippen molar-refractivity contribution in [1.29, 1.82) is 0 Å². The number of amides is 1. The van der Waals surface area contributed by atoms with Crippen LogP contribution in [-0.4, -0.2) is 46.3 Å². The normalized spacial score (nSPS) is 12.1. The van der Waals surface area contributed by atoms with Gasteiger partial charge in [0.2, 0.25) is 5.91 Å². The van der Waals surface area contributed by atoms with Crippen molar-refractivity contribution in [3.05, 3.63) is 24.3 Å². The van der Waals surface area contributed by atoms with Crippen molar-refractivity contribution in [3.8, 4) is 0 Å². The van der Waals surface area contributed by atoms with E-state index in [0.717, 1.165) is 6.26 Å². The van der Waals surface area contributed by atoms with Gasteiger partial charge in [-0.1, -0.05) is 0 Å². The molecule has 7 nitrogen and oxygen atoms in total. The predicted molar refractivity (Wildman–Crippen MR) is 77.8 cm³/mol. The van der Waals surface area contributed by atoms with Crippen LogP contribution < -0.4 is 11.1 Å². The lowest BCUT2D eigenvalue weighted by atomic mass is 10.3. The number of nitrogen functional groups attached to an aromatic ring is 1. The molecule has 0 aliphatic carbocycles. The first-order valence-electron chi connectivity index (χ1n) is 5.61. The summed E-state index contributed by atoms with van der Waals surface area (Å²) in [7, 11) is -7.14. The molecule has 0 fully saturated rings. The van der Waals surface area contributed by atoms with Gasteiger partial charge in [-0.2, -0.15) is 0 Å². The minimum absolute atomic E-state index is 0.419. The Morgan fingerprint density at radius 1 is 1.10 bits per heavy atom. The van der Waals surface area contributed by atoms with Crippen LogP contribution >= 0.6 is 0 Å². The van der Waals surface area contributed by atoms with Crippen molar-refractivity contribution in [3.63, 3.8) is 0 Å². The highest BCUT2D eigenvalue weighted by Crippen LogP contribution is 2.10. The second kappa shape index (κ2) is 6.23. The van der Waals surface area contributed by atoms with Crippen LogP contribution in [0.5, 0.6) is 0 Å². The summed E-state index contributed by atoms with van der Waals surface area (Å²) >= 11 is 0. The summed E-state index contributed by atoms with van der Waals surface area (Å²) in [5.41, 5.74) is 6.41. The van der Waals surface area contributed by atoms with Crippen LogP contribution in [0.15, 0.2) is 24.3 Å². The van der Waals surface area contributed by atoms with E-state index in [2.05, 4.69) is 5.32 Å². The third kappa shape index (κ3) is 6.53. The topological polar surface area (TPSA) is 123 Å². The number of anilines is 2. The van der Waals surface area contributed by atoms with E-state index in [1.165, 1.54) is 12.1 Å². The van der Waals surface area contributed by atoms with Crippen molar-refractivity contribution in [2.24, 2.45) is 0 Å². The van der Waals surface area contributed by atoms with Gasteiger partial charge < -0.3 is 11.1 Å². The van der Waals surface area contributed by atoms with Crippen LogP contribution in [0, 0.1) is 0 Å². The number of sulfone groups is 2. The molecule has 1 rings (SSSR count). The number of rotatable bonds is 6. The number of hydrogen-bond acceptors (Lipinski definition) is 6. The van der Waals surface area contributed by atoms with Gasteiger partial charge in [0.15, 0.2) is 9.84 Å². The number of nitrogens with one attached hydrogen (secondary N) is 1. The van der Waals surface area contributed by atoms with Crippen molar-refractivity contribution >= 4 is 37.0 Å². The molecule has 0 atom stereocenters. The van der Waals surface area contributed by atoms with E-state index >= 15 is 0 Å². The molecule has 0 heterocycles. The molecule has 9 heteroatoms. The minimum Gasteiger partial charge on any atom is -0.399 e. The highest BCUT2D eigenvalue weighted by Gasteiger charge is 2.19. The molecule has 0 saturated heterocycles. The summed E-state index contributed by atoms with van der Waals surface area (Å²) < 4.78 is 45.0. The van der Waals surface area contributed by atoms with Gasteiger partial charge in [-0.3, -0.25) is 4.79 Å². The zero-order valence-electron chi connectivity index (χ0n) is 10.9. The molecule has 1 aromatic rings. The standard InChI is InChI=1S/C11H16N2O5S2/c1-19(15,16)6-7-20(17,18)8-11(14)13-10-4-2-9(12)3-5-10/h2-5H,6-8,12H2,1H3,(H,13,14). The van der Waals surface area contributed by atoms with Crippen LogP contribution in [0.3, 0.4) is 0 Å². The molecule has 1 amide bonds. The fourth-order valence-corrected chi connectivity index (χ4v) is 4.16. The van der Waals surface area contributed by atoms with Gasteiger partial charge in [-0.05, 0) is 24.3 Å². The predicted octanol–water partition coefficient (Wildman–Crippen LogP) is -0.333. The second-order valence-electron chi connectivity index (χ2n) is 4.39. The number of hydrogen-bond donors (Lipinski definition) is 2. The van der Waals surface area contributed by atoms with E-state index in [4.69, 9.17) is 5.73 Å². The molecule has 1 aromatic carbocycles. The molecule has 20 heavy (non-hydrogen) atoms. The van der Waals surface area contributed by atoms with E-state index < -0.39 is 42.8 Å². The van der Waals surface area contributed by atoms with E-state index in [0.29, 0.717) is 11.4 Å². The summed E-state index contributed by atoms with van der Waals surface area (Å²) in [6.07, 6.45) is 0.941. The quantitative estimate of drug-likeness (QED) is 0.692. The first-order valence-corrected chi connectivity index (χ1v) is 9.49. The van der Waals surface area contributed by atoms with Gasteiger partial charge in [-0.15, -0.1) is 0 Å². The highest BCUT2D eigenvalue weighted by atomic mass is 32.2. The summed E-state index contributed by atoms with van der Waals surface area (Å²) in [4.78, 5) is 11.6. The van der Waals surface area contributed by atoms with Gasteiger partial charge in [0, 0.05) is 17.6 Å². The maximum Gasteiger partial charge on any atom is 0.239 e. The maximum absolute atomic E-state index is 11.6. The average Bonchev–Trinajstić information content (AvgIpc) is 2.28. The first-order chi connectivity index (χ1) is 9.07. The summed E-state index contributed by atoms with van der Waals surface area (Å²) in [6, 6.07) is 6.20. The molecule has 0 radical (unpaired) electrons. The molecule has 0 aromatic heterocycles. The third-order valence-electron chi connectivity index (χ3n) is 2.31. The van der Waals surface area contributed by atoms with E-state index in [1.54, 1.807) is 12.1 Å². The van der Waals surface area contributed by atoms with Gasteiger partial charge in [0.05, 0.1) is 11.5 Å². The number of carbonyl (C=O) groups is 1. The fourth-order valence-electron chi connectivity index (χ4n) is 1.31.